The summed E-state index contributed by atoms with van der Waals surface area (Å²) in [6.45, 7) is 12.5. The highest BCUT2D eigenvalue weighted by atomic mass is 16.5. The van der Waals surface area contributed by atoms with Crippen molar-refractivity contribution in [3.63, 3.8) is 0 Å². The Morgan fingerprint density at radius 2 is 2.07 bits per heavy atom. The van der Waals surface area contributed by atoms with E-state index in [1.165, 1.54) is 19.3 Å². The smallest absolute Gasteiger partial charge is 0.0687 e. The molecule has 1 heteroatoms. The van der Waals surface area contributed by atoms with Gasteiger partial charge in [-0.3, -0.25) is 0 Å². The van der Waals surface area contributed by atoms with Crippen LogP contribution in [0.15, 0.2) is 0 Å². The lowest BCUT2D eigenvalue weighted by molar-refractivity contribution is -0.0730. The van der Waals surface area contributed by atoms with E-state index in [0.29, 0.717) is 0 Å². The van der Waals surface area contributed by atoms with E-state index >= 15 is 0 Å². The number of hydrogen-bond donors (Lipinski definition) is 0. The first-order valence-electron chi connectivity index (χ1n) is 6.67. The van der Waals surface area contributed by atoms with Gasteiger partial charge in [-0.15, -0.1) is 0 Å². The molecule has 1 aliphatic carbocycles. The van der Waals surface area contributed by atoms with E-state index in [0.717, 1.165) is 30.8 Å². The van der Waals surface area contributed by atoms with E-state index in [2.05, 4.69) is 34.6 Å². The van der Waals surface area contributed by atoms with Crippen LogP contribution in [0.3, 0.4) is 0 Å². The first-order valence-corrected chi connectivity index (χ1v) is 6.67. The molecule has 0 bridgehead atoms. The van der Waals surface area contributed by atoms with Crippen LogP contribution < -0.4 is 0 Å². The van der Waals surface area contributed by atoms with Crippen LogP contribution in [0.5, 0.6) is 0 Å². The number of rotatable bonds is 5. The van der Waals surface area contributed by atoms with Gasteiger partial charge in [0, 0.05) is 6.61 Å². The number of ether oxygens (including phenoxy) is 1. The van der Waals surface area contributed by atoms with Gasteiger partial charge in [-0.1, -0.05) is 34.1 Å². The van der Waals surface area contributed by atoms with Crippen molar-refractivity contribution in [2.45, 2.75) is 65.9 Å². The fraction of sp³-hybridized carbons (Fsp3) is 1.00. The van der Waals surface area contributed by atoms with Crippen molar-refractivity contribution in [3.05, 3.63) is 0 Å². The molecule has 0 aliphatic heterocycles. The topological polar surface area (TPSA) is 9.23 Å². The molecule has 1 rings (SSSR count). The Labute approximate surface area is 95.6 Å². The van der Waals surface area contributed by atoms with Gasteiger partial charge in [0.15, 0.2) is 0 Å². The van der Waals surface area contributed by atoms with Crippen LogP contribution in [-0.2, 0) is 4.74 Å². The lowest BCUT2D eigenvalue weighted by Gasteiger charge is -2.35. The van der Waals surface area contributed by atoms with Crippen LogP contribution >= 0.6 is 0 Å². The second-order valence-electron chi connectivity index (χ2n) is 5.70. The lowest BCUT2D eigenvalue weighted by atomic mass is 9.81. The van der Waals surface area contributed by atoms with Crippen LogP contribution in [0, 0.1) is 17.8 Å². The van der Waals surface area contributed by atoms with E-state index in [4.69, 9.17) is 4.74 Å². The van der Waals surface area contributed by atoms with Gasteiger partial charge >= 0.3 is 0 Å². The highest BCUT2D eigenvalue weighted by Crippen LogP contribution is 2.46. The Kier molecular flexibility index (Phi) is 4.64. The van der Waals surface area contributed by atoms with Gasteiger partial charge in [-0.05, 0) is 43.9 Å². The minimum Gasteiger partial charge on any atom is -0.375 e. The predicted octanol–water partition coefficient (Wildman–Crippen LogP) is 4.26. The van der Waals surface area contributed by atoms with Crippen LogP contribution in [-0.4, -0.2) is 12.2 Å². The molecule has 0 aromatic carbocycles. The summed E-state index contributed by atoms with van der Waals surface area (Å²) in [4.78, 5) is 0. The molecule has 90 valence electrons. The maximum absolute atomic E-state index is 6.15. The van der Waals surface area contributed by atoms with Crippen molar-refractivity contribution >= 4 is 0 Å². The Morgan fingerprint density at radius 3 is 2.60 bits per heavy atom. The maximum atomic E-state index is 6.15. The first-order chi connectivity index (χ1) is 7.03. The minimum atomic E-state index is 0.158. The third kappa shape index (κ3) is 2.96. The molecule has 3 unspecified atom stereocenters. The van der Waals surface area contributed by atoms with Crippen LogP contribution in [0.2, 0.25) is 0 Å². The summed E-state index contributed by atoms with van der Waals surface area (Å²) in [5.74, 6) is 2.41. The molecule has 1 saturated carbocycles. The van der Waals surface area contributed by atoms with E-state index in [-0.39, 0.29) is 5.60 Å². The van der Waals surface area contributed by atoms with Crippen molar-refractivity contribution in [3.8, 4) is 0 Å². The summed E-state index contributed by atoms with van der Waals surface area (Å²) in [5.41, 5.74) is 0.158. The number of hydrogen-bond acceptors (Lipinski definition) is 1. The lowest BCUT2D eigenvalue weighted by Crippen LogP contribution is -2.36. The highest BCUT2D eigenvalue weighted by molar-refractivity contribution is 4.95. The SMILES string of the molecule is CCCOC1(C)CC(C)C[C@@H]1C(C)CC. The molecule has 1 aliphatic rings. The Hall–Kier alpha value is -0.0400. The average Bonchev–Trinajstić information content (AvgIpc) is 2.50. The molecule has 0 aromatic rings. The van der Waals surface area contributed by atoms with Crippen LogP contribution in [0.4, 0.5) is 0 Å². The second kappa shape index (κ2) is 5.34. The summed E-state index contributed by atoms with van der Waals surface area (Å²) >= 11 is 0. The van der Waals surface area contributed by atoms with Gasteiger partial charge in [0.05, 0.1) is 5.60 Å². The molecule has 15 heavy (non-hydrogen) atoms. The van der Waals surface area contributed by atoms with Gasteiger partial charge in [0.2, 0.25) is 0 Å². The zero-order valence-electron chi connectivity index (χ0n) is 11.2. The minimum absolute atomic E-state index is 0.158. The summed E-state index contributed by atoms with van der Waals surface area (Å²) in [5, 5.41) is 0. The van der Waals surface area contributed by atoms with E-state index in [1.54, 1.807) is 0 Å². The Balaban J connectivity index is 2.66. The van der Waals surface area contributed by atoms with Gasteiger partial charge < -0.3 is 4.74 Å². The molecule has 1 nitrogen and oxygen atoms in total. The maximum Gasteiger partial charge on any atom is 0.0687 e. The van der Waals surface area contributed by atoms with Crippen LogP contribution in [0.25, 0.3) is 0 Å². The fourth-order valence-electron chi connectivity index (χ4n) is 3.23. The van der Waals surface area contributed by atoms with Crippen LogP contribution in [0.1, 0.15) is 60.3 Å². The van der Waals surface area contributed by atoms with E-state index < -0.39 is 0 Å². The van der Waals surface area contributed by atoms with Crippen molar-refractivity contribution in [1.29, 1.82) is 0 Å². The standard InChI is InChI=1S/C14H28O/c1-6-8-15-14(5)10-11(3)9-13(14)12(4)7-2/h11-13H,6-10H2,1-5H3/t11?,12?,13-,14?/m1/s1. The Bertz CT molecular complexity index is 190. The molecule has 0 amide bonds. The molecular weight excluding hydrogens is 184 g/mol. The zero-order valence-corrected chi connectivity index (χ0v) is 11.2. The molecule has 4 atom stereocenters. The zero-order chi connectivity index (χ0) is 11.5. The second-order valence-corrected chi connectivity index (χ2v) is 5.70. The first kappa shape index (κ1) is 13.0. The third-order valence-electron chi connectivity index (χ3n) is 4.16. The molecule has 0 radical (unpaired) electrons. The largest absolute Gasteiger partial charge is 0.375 e. The molecule has 1 fully saturated rings. The molecule has 0 N–H and O–H groups in total. The van der Waals surface area contributed by atoms with E-state index in [9.17, 15) is 0 Å². The van der Waals surface area contributed by atoms with E-state index in [1.807, 2.05) is 0 Å². The van der Waals surface area contributed by atoms with Gasteiger partial charge in [0.1, 0.15) is 0 Å². The Morgan fingerprint density at radius 1 is 1.40 bits per heavy atom. The summed E-state index contributed by atoms with van der Waals surface area (Å²) in [6.07, 6.45) is 5.02. The van der Waals surface area contributed by atoms with Crippen molar-refractivity contribution in [2.75, 3.05) is 6.61 Å². The third-order valence-corrected chi connectivity index (χ3v) is 4.16. The van der Waals surface area contributed by atoms with Gasteiger partial charge in [-0.25, -0.2) is 0 Å². The molecule has 0 heterocycles. The quantitative estimate of drug-likeness (QED) is 0.661. The normalized spacial score (nSPS) is 38.2. The van der Waals surface area contributed by atoms with Crippen molar-refractivity contribution < 1.29 is 4.74 Å². The monoisotopic (exact) mass is 212 g/mol. The highest BCUT2D eigenvalue weighted by Gasteiger charge is 2.44. The predicted molar refractivity (Wildman–Crippen MR) is 66.0 cm³/mol. The van der Waals surface area contributed by atoms with Crippen molar-refractivity contribution in [1.82, 2.24) is 0 Å². The molecule has 0 aromatic heterocycles. The summed E-state index contributed by atoms with van der Waals surface area (Å²) in [6, 6.07) is 0. The summed E-state index contributed by atoms with van der Waals surface area (Å²) in [7, 11) is 0. The average molecular weight is 212 g/mol. The summed E-state index contributed by atoms with van der Waals surface area (Å²) < 4.78 is 6.15. The fourth-order valence-corrected chi connectivity index (χ4v) is 3.23. The molecule has 0 spiro atoms. The molecular formula is C14H28O. The van der Waals surface area contributed by atoms with Crippen molar-refractivity contribution in [2.24, 2.45) is 17.8 Å². The van der Waals surface area contributed by atoms with Gasteiger partial charge in [-0.2, -0.15) is 0 Å². The molecule has 0 saturated heterocycles. The van der Waals surface area contributed by atoms with Gasteiger partial charge in [0.25, 0.3) is 0 Å².